The number of hydrogen-bond acceptors (Lipinski definition) is 1. The van der Waals surface area contributed by atoms with Gasteiger partial charge >= 0.3 is 0 Å². The highest BCUT2D eigenvalue weighted by molar-refractivity contribution is 5.48. The smallest absolute Gasteiger partial charge is 0.0346 e. The first-order valence-corrected chi connectivity index (χ1v) is 4.44. The van der Waals surface area contributed by atoms with Crippen molar-refractivity contribution in [2.45, 2.75) is 27.2 Å². The van der Waals surface area contributed by atoms with Crippen LogP contribution in [0.4, 0.5) is 5.69 Å². The van der Waals surface area contributed by atoms with Crippen molar-refractivity contribution in [3.05, 3.63) is 29.3 Å². The molecule has 1 nitrogen and oxygen atoms in total. The van der Waals surface area contributed by atoms with E-state index in [-0.39, 0.29) is 0 Å². The third kappa shape index (κ3) is 2.26. The van der Waals surface area contributed by atoms with Crippen molar-refractivity contribution >= 4 is 5.69 Å². The Labute approximate surface area is 74.6 Å². The Kier molecular flexibility index (Phi) is 2.74. The van der Waals surface area contributed by atoms with E-state index >= 15 is 0 Å². The van der Waals surface area contributed by atoms with Crippen LogP contribution in [0.25, 0.3) is 0 Å². The van der Waals surface area contributed by atoms with Crippen molar-refractivity contribution in [3.8, 4) is 0 Å². The topological polar surface area (TPSA) is 26.0 Å². The number of anilines is 1. The van der Waals surface area contributed by atoms with Gasteiger partial charge in [0, 0.05) is 5.69 Å². The predicted octanol–water partition coefficient (Wildman–Crippen LogP) is 2.78. The molecule has 1 rings (SSSR count). The third-order valence-electron chi connectivity index (χ3n) is 1.93. The van der Waals surface area contributed by atoms with Crippen molar-refractivity contribution in [3.63, 3.8) is 0 Å². The van der Waals surface area contributed by atoms with Crippen LogP contribution >= 0.6 is 0 Å². The van der Waals surface area contributed by atoms with Crippen LogP contribution in [-0.4, -0.2) is 0 Å². The molecule has 0 aliphatic carbocycles. The fraction of sp³-hybridized carbons (Fsp3) is 0.455. The highest BCUT2D eigenvalue weighted by atomic mass is 14.6. The molecule has 2 N–H and O–H groups in total. The van der Waals surface area contributed by atoms with E-state index in [0.717, 1.165) is 12.1 Å². The van der Waals surface area contributed by atoms with E-state index in [2.05, 4.69) is 32.9 Å². The van der Waals surface area contributed by atoms with Crippen LogP contribution in [-0.2, 0) is 6.42 Å². The van der Waals surface area contributed by atoms with E-state index < -0.39 is 0 Å². The maximum atomic E-state index is 5.84. The van der Waals surface area contributed by atoms with Crippen LogP contribution in [0.15, 0.2) is 18.2 Å². The van der Waals surface area contributed by atoms with Crippen LogP contribution < -0.4 is 5.73 Å². The lowest BCUT2D eigenvalue weighted by molar-refractivity contribution is 0.648. The molecule has 1 heteroatoms. The summed E-state index contributed by atoms with van der Waals surface area (Å²) in [6.45, 7) is 6.52. The Morgan fingerprint density at radius 3 is 2.58 bits per heavy atom. The normalized spacial score (nSPS) is 10.7. The number of aryl methyl sites for hydroxylation is 1. The number of nitrogens with two attached hydrogens (primary N) is 1. The number of benzene rings is 1. The summed E-state index contributed by atoms with van der Waals surface area (Å²) in [5.41, 5.74) is 9.34. The average molecular weight is 163 g/mol. The minimum absolute atomic E-state index is 0.675. The van der Waals surface area contributed by atoms with Gasteiger partial charge in [0.2, 0.25) is 0 Å². The molecule has 0 fully saturated rings. The summed E-state index contributed by atoms with van der Waals surface area (Å²) in [6, 6.07) is 6.22. The molecule has 0 saturated carbocycles. The Morgan fingerprint density at radius 2 is 2.00 bits per heavy atom. The molecule has 1 aromatic carbocycles. The Hall–Kier alpha value is -0.980. The molecule has 0 spiro atoms. The molecule has 1 aromatic rings. The molecular formula is C11H17N. The second kappa shape index (κ2) is 3.61. The summed E-state index contributed by atoms with van der Waals surface area (Å²) in [4.78, 5) is 0. The SMILES string of the molecule is Cc1ccc(N)c(CC(C)C)c1. The lowest BCUT2D eigenvalue weighted by Gasteiger charge is -2.08. The Balaban J connectivity index is 2.90. The number of rotatable bonds is 2. The van der Waals surface area contributed by atoms with Gasteiger partial charge in [-0.2, -0.15) is 0 Å². The van der Waals surface area contributed by atoms with Gasteiger partial charge in [-0.05, 0) is 30.9 Å². The molecule has 0 aliphatic rings. The average Bonchev–Trinajstić information content (AvgIpc) is 1.96. The summed E-state index contributed by atoms with van der Waals surface area (Å²) in [7, 11) is 0. The van der Waals surface area contributed by atoms with Gasteiger partial charge in [0.15, 0.2) is 0 Å². The molecule has 0 aliphatic heterocycles. The van der Waals surface area contributed by atoms with Crippen molar-refractivity contribution in [1.29, 1.82) is 0 Å². The third-order valence-corrected chi connectivity index (χ3v) is 1.93. The molecule has 0 unspecified atom stereocenters. The van der Waals surface area contributed by atoms with E-state index in [0.29, 0.717) is 5.92 Å². The summed E-state index contributed by atoms with van der Waals surface area (Å²) in [6.07, 6.45) is 1.08. The Morgan fingerprint density at radius 1 is 1.33 bits per heavy atom. The zero-order chi connectivity index (χ0) is 9.14. The first kappa shape index (κ1) is 9.11. The van der Waals surface area contributed by atoms with E-state index in [1.807, 2.05) is 6.07 Å². The minimum atomic E-state index is 0.675. The van der Waals surface area contributed by atoms with Crippen LogP contribution in [0.2, 0.25) is 0 Å². The van der Waals surface area contributed by atoms with Crippen LogP contribution in [0.1, 0.15) is 25.0 Å². The lowest BCUT2D eigenvalue weighted by Crippen LogP contribution is -1.99. The van der Waals surface area contributed by atoms with Crippen LogP contribution in [0, 0.1) is 12.8 Å². The van der Waals surface area contributed by atoms with Gasteiger partial charge in [-0.1, -0.05) is 31.5 Å². The lowest BCUT2D eigenvalue weighted by atomic mass is 10.00. The quantitative estimate of drug-likeness (QED) is 0.666. The van der Waals surface area contributed by atoms with Crippen molar-refractivity contribution < 1.29 is 0 Å². The van der Waals surface area contributed by atoms with E-state index in [1.54, 1.807) is 0 Å². The molecule has 0 saturated heterocycles. The number of nitrogen functional groups attached to an aromatic ring is 1. The minimum Gasteiger partial charge on any atom is -0.399 e. The molecule has 0 aromatic heterocycles. The van der Waals surface area contributed by atoms with Gasteiger partial charge in [0.1, 0.15) is 0 Å². The van der Waals surface area contributed by atoms with Gasteiger partial charge < -0.3 is 5.73 Å². The predicted molar refractivity (Wildman–Crippen MR) is 54.1 cm³/mol. The monoisotopic (exact) mass is 163 g/mol. The number of hydrogen-bond donors (Lipinski definition) is 1. The van der Waals surface area contributed by atoms with Gasteiger partial charge in [-0.3, -0.25) is 0 Å². The van der Waals surface area contributed by atoms with Crippen LogP contribution in [0.5, 0.6) is 0 Å². The van der Waals surface area contributed by atoms with E-state index in [9.17, 15) is 0 Å². The second-order valence-electron chi connectivity index (χ2n) is 3.80. The highest BCUT2D eigenvalue weighted by Crippen LogP contribution is 2.17. The highest BCUT2D eigenvalue weighted by Gasteiger charge is 2.01. The zero-order valence-electron chi connectivity index (χ0n) is 8.09. The standard InChI is InChI=1S/C11H17N/c1-8(2)6-10-7-9(3)4-5-11(10)12/h4-5,7-8H,6,12H2,1-3H3. The molecule has 66 valence electrons. The first-order valence-electron chi connectivity index (χ1n) is 4.44. The molecule has 0 amide bonds. The van der Waals surface area contributed by atoms with E-state index in [4.69, 9.17) is 5.73 Å². The van der Waals surface area contributed by atoms with E-state index in [1.165, 1.54) is 11.1 Å². The van der Waals surface area contributed by atoms with Gasteiger partial charge in [-0.15, -0.1) is 0 Å². The van der Waals surface area contributed by atoms with Gasteiger partial charge in [0.25, 0.3) is 0 Å². The summed E-state index contributed by atoms with van der Waals surface area (Å²) >= 11 is 0. The van der Waals surface area contributed by atoms with Crippen LogP contribution in [0.3, 0.4) is 0 Å². The van der Waals surface area contributed by atoms with Crippen molar-refractivity contribution in [2.75, 3.05) is 5.73 Å². The largest absolute Gasteiger partial charge is 0.399 e. The van der Waals surface area contributed by atoms with Crippen molar-refractivity contribution in [1.82, 2.24) is 0 Å². The Bertz CT molecular complexity index is 264. The molecular weight excluding hydrogens is 146 g/mol. The zero-order valence-corrected chi connectivity index (χ0v) is 8.09. The second-order valence-corrected chi connectivity index (χ2v) is 3.80. The molecule has 0 radical (unpaired) electrons. The summed E-state index contributed by atoms with van der Waals surface area (Å²) in [5, 5.41) is 0. The fourth-order valence-corrected chi connectivity index (χ4v) is 1.35. The van der Waals surface area contributed by atoms with Crippen molar-refractivity contribution in [2.24, 2.45) is 5.92 Å². The summed E-state index contributed by atoms with van der Waals surface area (Å²) < 4.78 is 0. The first-order chi connectivity index (χ1) is 5.59. The maximum Gasteiger partial charge on any atom is 0.0346 e. The fourth-order valence-electron chi connectivity index (χ4n) is 1.35. The summed E-state index contributed by atoms with van der Waals surface area (Å²) in [5.74, 6) is 0.675. The molecule has 0 heterocycles. The van der Waals surface area contributed by atoms with Gasteiger partial charge in [0.05, 0.1) is 0 Å². The molecule has 0 atom stereocenters. The molecule has 0 bridgehead atoms. The maximum absolute atomic E-state index is 5.84. The van der Waals surface area contributed by atoms with Gasteiger partial charge in [-0.25, -0.2) is 0 Å². The molecule has 12 heavy (non-hydrogen) atoms.